The number of carboxylic acid groups (broad SMARTS) is 1. The van der Waals surface area contributed by atoms with Gasteiger partial charge in [-0.1, -0.05) is 16.8 Å². The number of benzene rings is 1. The third-order valence-corrected chi connectivity index (χ3v) is 3.05. The molecule has 0 bridgehead atoms. The summed E-state index contributed by atoms with van der Waals surface area (Å²) in [6, 6.07) is 3.01. The molecule has 1 heterocycles. The van der Waals surface area contributed by atoms with E-state index in [0.29, 0.717) is 27.8 Å². The molecule has 20 heavy (non-hydrogen) atoms. The van der Waals surface area contributed by atoms with Crippen LogP contribution in [0.15, 0.2) is 16.7 Å². The van der Waals surface area contributed by atoms with Crippen LogP contribution in [0.5, 0.6) is 11.5 Å². The first-order chi connectivity index (χ1) is 9.49. The van der Waals surface area contributed by atoms with E-state index in [1.54, 1.807) is 13.0 Å². The molecule has 0 atom stereocenters. The number of aryl methyl sites for hydroxylation is 1. The van der Waals surface area contributed by atoms with Crippen molar-refractivity contribution in [3.63, 3.8) is 0 Å². The molecule has 2 aromatic rings. The van der Waals surface area contributed by atoms with E-state index in [9.17, 15) is 4.79 Å². The molecule has 106 valence electrons. The molecule has 0 unspecified atom stereocenters. The molecule has 2 rings (SSSR count). The number of aromatic carboxylic acids is 1. The number of carbonyl (C=O) groups is 1. The second kappa shape index (κ2) is 5.42. The Labute approximate surface area is 119 Å². The monoisotopic (exact) mass is 297 g/mol. The fourth-order valence-electron chi connectivity index (χ4n) is 1.93. The molecule has 0 aliphatic rings. The number of hydrogen-bond donors (Lipinski definition) is 1. The summed E-state index contributed by atoms with van der Waals surface area (Å²) < 4.78 is 15.3. The lowest BCUT2D eigenvalue weighted by atomic mass is 10.0. The highest BCUT2D eigenvalue weighted by Gasteiger charge is 2.22. The van der Waals surface area contributed by atoms with Crippen molar-refractivity contribution in [3.05, 3.63) is 28.5 Å². The van der Waals surface area contributed by atoms with Crippen LogP contribution in [0.2, 0.25) is 5.02 Å². The minimum absolute atomic E-state index is 0.254. The van der Waals surface area contributed by atoms with Gasteiger partial charge in [-0.15, -0.1) is 0 Å². The highest BCUT2D eigenvalue weighted by atomic mass is 35.5. The van der Waals surface area contributed by atoms with Gasteiger partial charge in [0.1, 0.15) is 5.69 Å². The molecule has 1 N–H and O–H groups in total. The summed E-state index contributed by atoms with van der Waals surface area (Å²) in [4.78, 5) is 10.9. The minimum atomic E-state index is -1.19. The van der Waals surface area contributed by atoms with Crippen LogP contribution in [-0.2, 0) is 0 Å². The minimum Gasteiger partial charge on any atom is -0.492 e. The van der Waals surface area contributed by atoms with Crippen LogP contribution >= 0.6 is 11.6 Å². The summed E-state index contributed by atoms with van der Waals surface area (Å²) in [6.45, 7) is 1.80. The van der Waals surface area contributed by atoms with Gasteiger partial charge in [0.2, 0.25) is 5.76 Å². The van der Waals surface area contributed by atoms with Gasteiger partial charge in [0.15, 0.2) is 11.5 Å². The molecule has 0 fully saturated rings. The Morgan fingerprint density at radius 1 is 1.30 bits per heavy atom. The van der Waals surface area contributed by atoms with Crippen LogP contribution in [-0.4, -0.2) is 30.5 Å². The van der Waals surface area contributed by atoms with Gasteiger partial charge in [-0.05, 0) is 18.6 Å². The van der Waals surface area contributed by atoms with Crippen molar-refractivity contribution in [2.45, 2.75) is 6.92 Å². The highest BCUT2D eigenvalue weighted by molar-refractivity contribution is 6.32. The first-order valence-electron chi connectivity index (χ1n) is 5.61. The van der Waals surface area contributed by atoms with Crippen LogP contribution in [0.1, 0.15) is 16.1 Å². The fourth-order valence-corrected chi connectivity index (χ4v) is 2.25. The van der Waals surface area contributed by atoms with Crippen LogP contribution in [0.3, 0.4) is 0 Å². The molecular formula is C13H12ClNO5. The standard InChI is InChI=1S/C13H12ClNO5/c1-6-4-7(14)11(18-2)12(19-3)10(6)8-5-9(13(16)17)20-15-8/h4-5H,1-3H3,(H,16,17). The van der Waals surface area contributed by atoms with Crippen molar-refractivity contribution in [2.24, 2.45) is 0 Å². The summed E-state index contributed by atoms with van der Waals surface area (Å²) in [5.41, 5.74) is 1.68. The van der Waals surface area contributed by atoms with Crippen molar-refractivity contribution >= 4 is 17.6 Å². The number of carboxylic acids is 1. The lowest BCUT2D eigenvalue weighted by molar-refractivity contribution is 0.0652. The Kier molecular flexibility index (Phi) is 3.85. The van der Waals surface area contributed by atoms with Crippen molar-refractivity contribution in [1.82, 2.24) is 5.16 Å². The van der Waals surface area contributed by atoms with Crippen molar-refractivity contribution in [1.29, 1.82) is 0 Å². The van der Waals surface area contributed by atoms with Crippen molar-refractivity contribution in [3.8, 4) is 22.8 Å². The lowest BCUT2D eigenvalue weighted by Gasteiger charge is -2.15. The summed E-state index contributed by atoms with van der Waals surface area (Å²) in [6.07, 6.45) is 0. The molecule has 0 spiro atoms. The number of aromatic nitrogens is 1. The number of methoxy groups -OCH3 is 2. The Morgan fingerprint density at radius 2 is 1.95 bits per heavy atom. The van der Waals surface area contributed by atoms with E-state index in [1.165, 1.54) is 20.3 Å². The Bertz CT molecular complexity index is 665. The maximum absolute atomic E-state index is 10.9. The van der Waals surface area contributed by atoms with E-state index in [0.717, 1.165) is 5.56 Å². The average molecular weight is 298 g/mol. The van der Waals surface area contributed by atoms with Crippen LogP contribution in [0.4, 0.5) is 0 Å². The molecule has 0 amide bonds. The summed E-state index contributed by atoms with van der Waals surface area (Å²) in [5.74, 6) is -0.714. The van der Waals surface area contributed by atoms with Gasteiger partial charge in [0.05, 0.1) is 24.8 Å². The number of halogens is 1. The van der Waals surface area contributed by atoms with Crippen LogP contribution in [0.25, 0.3) is 11.3 Å². The summed E-state index contributed by atoms with van der Waals surface area (Å²) in [7, 11) is 2.93. The van der Waals surface area contributed by atoms with Gasteiger partial charge < -0.3 is 19.1 Å². The summed E-state index contributed by atoms with van der Waals surface area (Å²) >= 11 is 6.09. The van der Waals surface area contributed by atoms with Crippen LogP contribution < -0.4 is 9.47 Å². The van der Waals surface area contributed by atoms with Crippen molar-refractivity contribution in [2.75, 3.05) is 14.2 Å². The van der Waals surface area contributed by atoms with Crippen molar-refractivity contribution < 1.29 is 23.9 Å². The Morgan fingerprint density at radius 3 is 2.45 bits per heavy atom. The fraction of sp³-hybridized carbons (Fsp3) is 0.231. The molecule has 1 aromatic heterocycles. The molecule has 7 heteroatoms. The van der Waals surface area contributed by atoms with E-state index in [4.69, 9.17) is 30.7 Å². The Hall–Kier alpha value is -2.21. The number of hydrogen-bond acceptors (Lipinski definition) is 5. The number of ether oxygens (including phenoxy) is 2. The van der Waals surface area contributed by atoms with E-state index in [-0.39, 0.29) is 5.76 Å². The highest BCUT2D eigenvalue weighted by Crippen LogP contribution is 2.44. The van der Waals surface area contributed by atoms with Crippen LogP contribution in [0, 0.1) is 6.92 Å². The predicted octanol–water partition coefficient (Wildman–Crippen LogP) is 3.02. The molecule has 1 aromatic carbocycles. The number of rotatable bonds is 4. The van der Waals surface area contributed by atoms with Gasteiger partial charge in [-0.3, -0.25) is 0 Å². The molecule has 6 nitrogen and oxygen atoms in total. The third kappa shape index (κ3) is 2.30. The van der Waals surface area contributed by atoms with Gasteiger partial charge >= 0.3 is 5.97 Å². The topological polar surface area (TPSA) is 81.8 Å². The SMILES string of the molecule is COc1c(Cl)cc(C)c(-c2cc(C(=O)O)on2)c1OC. The quantitative estimate of drug-likeness (QED) is 0.934. The lowest BCUT2D eigenvalue weighted by Crippen LogP contribution is -1.97. The largest absolute Gasteiger partial charge is 0.492 e. The normalized spacial score (nSPS) is 10.4. The molecular weight excluding hydrogens is 286 g/mol. The zero-order valence-corrected chi connectivity index (χ0v) is 11.8. The average Bonchev–Trinajstić information content (AvgIpc) is 2.87. The smallest absolute Gasteiger partial charge is 0.374 e. The summed E-state index contributed by atoms with van der Waals surface area (Å²) in [5, 5.41) is 13.0. The van der Waals surface area contributed by atoms with E-state index in [2.05, 4.69) is 5.16 Å². The van der Waals surface area contributed by atoms with Gasteiger partial charge in [0.25, 0.3) is 0 Å². The van der Waals surface area contributed by atoms with E-state index < -0.39 is 5.97 Å². The maximum atomic E-state index is 10.9. The first-order valence-corrected chi connectivity index (χ1v) is 5.98. The van der Waals surface area contributed by atoms with Gasteiger partial charge in [-0.25, -0.2) is 4.79 Å². The van der Waals surface area contributed by atoms with Gasteiger partial charge in [-0.2, -0.15) is 0 Å². The van der Waals surface area contributed by atoms with E-state index >= 15 is 0 Å². The molecule has 0 saturated carbocycles. The third-order valence-electron chi connectivity index (χ3n) is 2.77. The molecule has 0 saturated heterocycles. The molecule has 0 aliphatic carbocycles. The Balaban J connectivity index is 2.68. The zero-order valence-electron chi connectivity index (χ0n) is 11.1. The first kappa shape index (κ1) is 14.2. The maximum Gasteiger partial charge on any atom is 0.374 e. The second-order valence-electron chi connectivity index (χ2n) is 4.00. The second-order valence-corrected chi connectivity index (χ2v) is 4.41. The number of nitrogens with zero attached hydrogens (tertiary/aromatic N) is 1. The van der Waals surface area contributed by atoms with Gasteiger partial charge in [0, 0.05) is 6.07 Å². The molecule has 0 radical (unpaired) electrons. The zero-order chi connectivity index (χ0) is 14.9. The predicted molar refractivity (Wildman–Crippen MR) is 71.7 cm³/mol. The molecule has 0 aliphatic heterocycles. The van der Waals surface area contributed by atoms with E-state index in [1.807, 2.05) is 0 Å².